The molecule has 4 aliphatic heterocycles. The molecule has 2 aromatic heterocycles. The van der Waals surface area contributed by atoms with Gasteiger partial charge in [0.1, 0.15) is 5.02 Å². The number of carbonyl (C=O) groups excluding carboxylic acids is 2. The molecule has 15 nitrogen and oxygen atoms in total. The van der Waals surface area contributed by atoms with Crippen LogP contribution in [0.15, 0.2) is 65.7 Å². The van der Waals surface area contributed by atoms with Crippen molar-refractivity contribution in [1.29, 1.82) is 0 Å². The predicted octanol–water partition coefficient (Wildman–Crippen LogP) is 7.27. The number of amides is 3. The van der Waals surface area contributed by atoms with Gasteiger partial charge in [0.05, 0.1) is 28.1 Å². The molecule has 4 saturated heterocycles. The van der Waals surface area contributed by atoms with Gasteiger partial charge in [-0.05, 0) is 127 Å². The molecule has 4 aliphatic rings. The van der Waals surface area contributed by atoms with E-state index in [9.17, 15) is 18.0 Å². The highest BCUT2D eigenvalue weighted by Gasteiger charge is 2.37. The maximum Gasteiger partial charge on any atom is 0.328 e. The first-order valence-corrected chi connectivity index (χ1v) is 23.7. The summed E-state index contributed by atoms with van der Waals surface area (Å²) in [4.78, 5) is 47.4. The number of halogens is 1. The highest BCUT2D eigenvalue weighted by atomic mass is 35.5. The number of anilines is 6. The van der Waals surface area contributed by atoms with Crippen LogP contribution in [0.25, 0.3) is 0 Å². The lowest BCUT2D eigenvalue weighted by Gasteiger charge is -2.50. The normalized spacial score (nSPS) is 18.9. The molecular formula is C45H57ClN10O5S. The number of rotatable bonds is 13. The molecule has 3 amide bonds. The second-order valence-electron chi connectivity index (χ2n) is 17.3. The molecule has 330 valence electrons. The topological polar surface area (TPSA) is 165 Å². The van der Waals surface area contributed by atoms with E-state index < -0.39 is 15.1 Å². The van der Waals surface area contributed by atoms with Gasteiger partial charge in [-0.3, -0.25) is 19.9 Å². The van der Waals surface area contributed by atoms with Gasteiger partial charge >= 0.3 is 6.03 Å². The average Bonchev–Trinajstić information content (AvgIpc) is 3.23. The first-order chi connectivity index (χ1) is 29.7. The van der Waals surface area contributed by atoms with Crippen molar-refractivity contribution in [2.75, 3.05) is 66.2 Å². The maximum absolute atomic E-state index is 13.1. The Morgan fingerprint density at radius 1 is 0.823 bits per heavy atom. The lowest BCUT2D eigenvalue weighted by molar-refractivity contribution is -0.120. The van der Waals surface area contributed by atoms with Crippen LogP contribution in [0.5, 0.6) is 5.75 Å². The number of aromatic nitrogens is 3. The number of urea groups is 1. The first kappa shape index (κ1) is 43.6. The molecule has 2 aromatic carbocycles. The van der Waals surface area contributed by atoms with Crippen molar-refractivity contribution in [2.24, 2.45) is 0 Å². The fourth-order valence-electron chi connectivity index (χ4n) is 9.01. The van der Waals surface area contributed by atoms with Gasteiger partial charge in [0, 0.05) is 68.3 Å². The Morgan fingerprint density at radius 2 is 1.48 bits per heavy atom. The van der Waals surface area contributed by atoms with Crippen LogP contribution in [-0.2, 0) is 14.6 Å². The average molecular weight is 886 g/mol. The van der Waals surface area contributed by atoms with Crippen LogP contribution >= 0.6 is 11.6 Å². The molecule has 4 aromatic rings. The van der Waals surface area contributed by atoms with Crippen molar-refractivity contribution in [3.63, 3.8) is 0 Å². The Kier molecular flexibility index (Phi) is 12.9. The number of nitrogens with one attached hydrogen (secondary N) is 3. The summed E-state index contributed by atoms with van der Waals surface area (Å²) in [7, 11) is -3.57. The molecule has 0 aliphatic carbocycles. The molecule has 62 heavy (non-hydrogen) atoms. The number of para-hydroxylation sites is 1. The molecular weight excluding hydrogens is 828 g/mol. The standard InChI is InChI=1S/C45H57ClN10O5S/c1-28(2)61-39-24-36(30(5)48-43(39)52-44-47-25-37(46)42(51-44)49-38-8-6-7-9-40(38)62(59,60)29(3)4)31-14-19-53(20-15-31)33-16-21-54(22-17-33)35-26-55(27-35)32-10-12-34(13-11-32)56-23-18-41(57)50-45(56)58/h6-13,24-25,28-29,31,33,35H,14-23,26-27H2,1-5H3,(H,50,57,58)(H2,47,48,49,51,52). The highest BCUT2D eigenvalue weighted by Crippen LogP contribution is 2.38. The number of imide groups is 1. The Morgan fingerprint density at radius 3 is 2.16 bits per heavy atom. The summed E-state index contributed by atoms with van der Waals surface area (Å²) >= 11 is 6.52. The zero-order valence-electron chi connectivity index (χ0n) is 36.1. The fourth-order valence-corrected chi connectivity index (χ4v) is 10.4. The molecule has 17 heteroatoms. The summed E-state index contributed by atoms with van der Waals surface area (Å²) in [5, 5.41) is 8.40. The van der Waals surface area contributed by atoms with E-state index in [1.165, 1.54) is 24.6 Å². The molecule has 8 rings (SSSR count). The summed E-state index contributed by atoms with van der Waals surface area (Å²) in [6.45, 7) is 16.1. The van der Waals surface area contributed by atoms with Crippen LogP contribution in [0.4, 0.5) is 39.4 Å². The van der Waals surface area contributed by atoms with Crippen LogP contribution in [0.3, 0.4) is 0 Å². The third-order valence-corrected chi connectivity index (χ3v) is 15.1. The molecule has 4 fully saturated rings. The van der Waals surface area contributed by atoms with E-state index in [-0.39, 0.29) is 39.7 Å². The number of ether oxygens (including phenoxy) is 1. The first-order valence-electron chi connectivity index (χ1n) is 21.8. The van der Waals surface area contributed by atoms with Crippen LogP contribution in [-0.4, -0.2) is 114 Å². The monoisotopic (exact) mass is 884 g/mol. The predicted molar refractivity (Wildman–Crippen MR) is 243 cm³/mol. The molecule has 6 heterocycles. The molecule has 0 spiro atoms. The van der Waals surface area contributed by atoms with Crippen molar-refractivity contribution in [3.05, 3.63) is 77.1 Å². The number of likely N-dealkylation sites (tertiary alicyclic amines) is 2. The number of carbonyl (C=O) groups is 2. The van der Waals surface area contributed by atoms with Gasteiger partial charge in [0.25, 0.3) is 0 Å². The van der Waals surface area contributed by atoms with Gasteiger partial charge in [0.2, 0.25) is 11.9 Å². The second kappa shape index (κ2) is 18.4. The molecule has 0 radical (unpaired) electrons. The van der Waals surface area contributed by atoms with Crippen LogP contribution in [0.2, 0.25) is 5.02 Å². The van der Waals surface area contributed by atoms with E-state index in [1.54, 1.807) is 43.0 Å². The molecule has 0 atom stereocenters. The van der Waals surface area contributed by atoms with E-state index in [1.807, 2.05) is 32.9 Å². The zero-order chi connectivity index (χ0) is 43.7. The number of aryl methyl sites for hydroxylation is 1. The molecule has 0 bridgehead atoms. The Labute approximate surface area is 369 Å². The second-order valence-corrected chi connectivity index (χ2v) is 20.2. The van der Waals surface area contributed by atoms with E-state index in [4.69, 9.17) is 21.3 Å². The number of sulfone groups is 1. The highest BCUT2D eigenvalue weighted by molar-refractivity contribution is 7.92. The van der Waals surface area contributed by atoms with Crippen LogP contribution in [0.1, 0.15) is 77.0 Å². The van der Waals surface area contributed by atoms with E-state index >= 15 is 0 Å². The number of nitrogens with zero attached hydrogens (tertiary/aromatic N) is 7. The van der Waals surface area contributed by atoms with E-state index in [2.05, 4.69) is 58.8 Å². The Balaban J connectivity index is 0.848. The van der Waals surface area contributed by atoms with Crippen molar-refractivity contribution >= 4 is 68.0 Å². The summed E-state index contributed by atoms with van der Waals surface area (Å²) in [6, 6.07) is 17.7. The SMILES string of the molecule is Cc1nc(Nc2ncc(Cl)c(Nc3ccccc3S(=O)(=O)C(C)C)n2)c(OC(C)C)cc1C1CCN(C2CCN(C3CN(c4ccc(N5CCC(=O)NC5=O)cc4)C3)CC2)CC1. The number of hydrogen-bond donors (Lipinski definition) is 3. The lowest BCUT2D eigenvalue weighted by Crippen LogP contribution is -2.62. The lowest BCUT2D eigenvalue weighted by atomic mass is 9.87. The van der Waals surface area contributed by atoms with Crippen LogP contribution in [0, 0.1) is 6.92 Å². The van der Waals surface area contributed by atoms with Crippen molar-refractivity contribution in [1.82, 2.24) is 30.1 Å². The number of piperidine rings is 2. The van der Waals surface area contributed by atoms with Crippen LogP contribution < -0.4 is 30.5 Å². The zero-order valence-corrected chi connectivity index (χ0v) is 37.7. The number of hydrogen-bond acceptors (Lipinski definition) is 13. The maximum atomic E-state index is 13.1. The van der Waals surface area contributed by atoms with Crippen molar-refractivity contribution < 1.29 is 22.7 Å². The number of benzene rings is 2. The van der Waals surface area contributed by atoms with Gasteiger partial charge in [0.15, 0.2) is 27.2 Å². The van der Waals surface area contributed by atoms with Gasteiger partial charge in [-0.25, -0.2) is 23.2 Å². The largest absolute Gasteiger partial charge is 0.487 e. The molecule has 0 saturated carbocycles. The van der Waals surface area contributed by atoms with Gasteiger partial charge in [-0.15, -0.1) is 0 Å². The molecule has 3 N–H and O–H groups in total. The summed E-state index contributed by atoms with van der Waals surface area (Å²) < 4.78 is 32.5. The fraction of sp³-hybridized carbons (Fsp3) is 0.489. The smallest absolute Gasteiger partial charge is 0.328 e. The Hall–Kier alpha value is -5.03. The quantitative estimate of drug-likeness (QED) is 0.123. The van der Waals surface area contributed by atoms with Crippen molar-refractivity contribution in [2.45, 2.75) is 101 Å². The minimum Gasteiger partial charge on any atom is -0.487 e. The number of pyridine rings is 1. The van der Waals surface area contributed by atoms with Crippen molar-refractivity contribution in [3.8, 4) is 5.75 Å². The van der Waals surface area contributed by atoms with Gasteiger partial charge < -0.3 is 25.2 Å². The minimum absolute atomic E-state index is 0.0943. The van der Waals surface area contributed by atoms with Gasteiger partial charge in [-0.1, -0.05) is 23.7 Å². The third kappa shape index (κ3) is 9.48. The van der Waals surface area contributed by atoms with Gasteiger partial charge in [-0.2, -0.15) is 4.98 Å². The molecule has 0 unspecified atom stereocenters. The van der Waals surface area contributed by atoms with E-state index in [0.717, 1.165) is 69.2 Å². The Bertz CT molecular complexity index is 2380. The third-order valence-electron chi connectivity index (χ3n) is 12.6. The summed E-state index contributed by atoms with van der Waals surface area (Å²) in [6.07, 6.45) is 6.15. The summed E-state index contributed by atoms with van der Waals surface area (Å²) in [5.74, 6) is 1.75. The van der Waals surface area contributed by atoms with E-state index in [0.29, 0.717) is 48.2 Å². The minimum atomic E-state index is -3.57. The summed E-state index contributed by atoms with van der Waals surface area (Å²) in [5.41, 5.74) is 4.47.